The summed E-state index contributed by atoms with van der Waals surface area (Å²) in [6, 6.07) is 0.889. The van der Waals surface area contributed by atoms with Crippen LogP contribution in [0.15, 0.2) is 10.4 Å². The second-order valence-corrected chi connectivity index (χ2v) is 11.7. The minimum atomic E-state index is -0.602. The monoisotopic (exact) mass is 479 g/mol. The highest BCUT2D eigenvalue weighted by Gasteiger charge is 2.43. The molecule has 10 nitrogen and oxygen atoms in total. The second-order valence-electron chi connectivity index (χ2n) is 11.7. The van der Waals surface area contributed by atoms with Crippen LogP contribution < -0.4 is 0 Å². The van der Waals surface area contributed by atoms with Crippen molar-refractivity contribution in [3.63, 3.8) is 0 Å². The van der Waals surface area contributed by atoms with Crippen LogP contribution in [0.2, 0.25) is 0 Å². The lowest BCUT2D eigenvalue weighted by atomic mass is 9.71. The van der Waals surface area contributed by atoms with E-state index in [0.29, 0.717) is 24.1 Å². The third-order valence-electron chi connectivity index (χ3n) is 9.60. The fourth-order valence-corrected chi connectivity index (χ4v) is 6.95. The van der Waals surface area contributed by atoms with E-state index in [1.54, 1.807) is 0 Å². The number of piperidine rings is 3. The maximum Gasteiger partial charge on any atom is 0.158 e. The number of ether oxygens (including phenoxy) is 1. The standard InChI is InChI=1S/C24H45N7O3/c1-18-21(16-34-23(18)33)30-12-7-24(8-13-30)5-10-29(11-6-24)15-22(32)20-14-19(4-9-27(20)2)31-17-28(3)25-26-31/h18-23,32-33H,4-17H2,1-3H3. The number of rotatable bonds is 5. The van der Waals surface area contributed by atoms with Gasteiger partial charge in [-0.3, -0.25) is 14.9 Å². The summed E-state index contributed by atoms with van der Waals surface area (Å²) in [6.07, 6.45) is 6.03. The Hall–Kier alpha value is -1.04. The van der Waals surface area contributed by atoms with Gasteiger partial charge in [0.1, 0.15) is 6.67 Å². The first-order valence-corrected chi connectivity index (χ1v) is 13.4. The maximum absolute atomic E-state index is 11.2. The largest absolute Gasteiger partial charge is 0.390 e. The number of hydrogen-bond donors (Lipinski definition) is 2. The molecule has 5 heterocycles. The zero-order valence-corrected chi connectivity index (χ0v) is 21.3. The molecule has 10 heteroatoms. The van der Waals surface area contributed by atoms with Crippen molar-refractivity contribution in [2.45, 2.75) is 76.0 Å². The molecule has 0 amide bonds. The molecule has 5 rings (SSSR count). The van der Waals surface area contributed by atoms with E-state index in [4.69, 9.17) is 4.74 Å². The van der Waals surface area contributed by atoms with Gasteiger partial charge < -0.3 is 24.7 Å². The average molecular weight is 480 g/mol. The van der Waals surface area contributed by atoms with Crippen molar-refractivity contribution in [1.29, 1.82) is 0 Å². The smallest absolute Gasteiger partial charge is 0.158 e. The number of aliphatic hydroxyl groups excluding tert-OH is 2. The van der Waals surface area contributed by atoms with Gasteiger partial charge in [-0.2, -0.15) is 0 Å². The minimum Gasteiger partial charge on any atom is -0.390 e. The molecule has 0 bridgehead atoms. The van der Waals surface area contributed by atoms with Gasteiger partial charge in [-0.15, -0.1) is 0 Å². The van der Waals surface area contributed by atoms with Crippen LogP contribution in [-0.2, 0) is 4.74 Å². The topological polar surface area (TPSA) is 90.6 Å². The first kappa shape index (κ1) is 24.6. The lowest BCUT2D eigenvalue weighted by Crippen LogP contribution is -2.56. The summed E-state index contributed by atoms with van der Waals surface area (Å²) in [5, 5.41) is 33.5. The number of aliphatic hydroxyl groups is 2. The van der Waals surface area contributed by atoms with Gasteiger partial charge in [0.2, 0.25) is 0 Å². The van der Waals surface area contributed by atoms with Gasteiger partial charge in [-0.1, -0.05) is 17.4 Å². The molecule has 0 saturated carbocycles. The predicted octanol–water partition coefficient (Wildman–Crippen LogP) is 0.829. The van der Waals surface area contributed by atoms with Crippen LogP contribution in [0, 0.1) is 11.3 Å². The molecular weight excluding hydrogens is 434 g/mol. The fourth-order valence-electron chi connectivity index (χ4n) is 6.95. The van der Waals surface area contributed by atoms with Crippen LogP contribution in [0.25, 0.3) is 0 Å². The summed E-state index contributed by atoms with van der Waals surface area (Å²) in [4.78, 5) is 7.38. The third kappa shape index (κ3) is 5.08. The summed E-state index contributed by atoms with van der Waals surface area (Å²) in [5.41, 5.74) is 0.457. The predicted molar refractivity (Wildman–Crippen MR) is 129 cm³/mol. The summed E-state index contributed by atoms with van der Waals surface area (Å²) >= 11 is 0. The second kappa shape index (κ2) is 10.1. The lowest BCUT2D eigenvalue weighted by molar-refractivity contribution is -0.0788. The molecule has 4 saturated heterocycles. The van der Waals surface area contributed by atoms with Crippen molar-refractivity contribution in [3.8, 4) is 0 Å². The molecule has 6 unspecified atom stereocenters. The van der Waals surface area contributed by atoms with E-state index in [-0.39, 0.29) is 18.1 Å². The first-order chi connectivity index (χ1) is 16.3. The molecule has 5 aliphatic heterocycles. The zero-order chi connectivity index (χ0) is 23.9. The fraction of sp³-hybridized carbons (Fsp3) is 1.00. The van der Waals surface area contributed by atoms with Gasteiger partial charge in [-0.05, 0) is 77.2 Å². The van der Waals surface area contributed by atoms with E-state index in [2.05, 4.69) is 44.1 Å². The van der Waals surface area contributed by atoms with Crippen molar-refractivity contribution in [2.75, 3.05) is 66.6 Å². The summed E-state index contributed by atoms with van der Waals surface area (Å²) in [7, 11) is 4.10. The number of likely N-dealkylation sites (N-methyl/N-ethyl adjacent to an activating group) is 1. The Morgan fingerprint density at radius 1 is 1.03 bits per heavy atom. The van der Waals surface area contributed by atoms with Crippen LogP contribution in [0.3, 0.4) is 0 Å². The van der Waals surface area contributed by atoms with E-state index in [0.717, 1.165) is 58.8 Å². The molecule has 1 spiro atoms. The van der Waals surface area contributed by atoms with Gasteiger partial charge in [0.25, 0.3) is 0 Å². The van der Waals surface area contributed by atoms with Crippen molar-refractivity contribution >= 4 is 0 Å². The Bertz CT molecular complexity index is 709. The third-order valence-corrected chi connectivity index (χ3v) is 9.60. The summed E-state index contributed by atoms with van der Waals surface area (Å²) < 4.78 is 5.48. The molecule has 0 aromatic heterocycles. The molecule has 5 aliphatic rings. The molecule has 0 aliphatic carbocycles. The highest BCUT2D eigenvalue weighted by atomic mass is 16.6. The number of hydrogen-bond acceptors (Lipinski definition) is 10. The van der Waals surface area contributed by atoms with Gasteiger partial charge in [0, 0.05) is 38.1 Å². The molecule has 6 atom stereocenters. The first-order valence-electron chi connectivity index (χ1n) is 13.4. The highest BCUT2D eigenvalue weighted by Crippen LogP contribution is 2.42. The van der Waals surface area contributed by atoms with Crippen LogP contribution in [0.1, 0.15) is 45.4 Å². The molecule has 194 valence electrons. The normalized spacial score (nSPS) is 38.8. The highest BCUT2D eigenvalue weighted by molar-refractivity contribution is 4.96. The van der Waals surface area contributed by atoms with Crippen molar-refractivity contribution in [1.82, 2.24) is 24.7 Å². The van der Waals surface area contributed by atoms with Crippen LogP contribution in [0.5, 0.6) is 0 Å². The van der Waals surface area contributed by atoms with Gasteiger partial charge in [0.05, 0.1) is 18.8 Å². The van der Waals surface area contributed by atoms with E-state index in [1.165, 1.54) is 25.7 Å². The Morgan fingerprint density at radius 2 is 1.74 bits per heavy atom. The maximum atomic E-state index is 11.2. The van der Waals surface area contributed by atoms with Crippen molar-refractivity contribution < 1.29 is 14.9 Å². The Kier molecular flexibility index (Phi) is 7.35. The molecule has 34 heavy (non-hydrogen) atoms. The quantitative estimate of drug-likeness (QED) is 0.599. The van der Waals surface area contributed by atoms with Gasteiger partial charge in [0.15, 0.2) is 6.29 Å². The Balaban J connectivity index is 1.08. The summed E-state index contributed by atoms with van der Waals surface area (Å²) in [6.45, 7) is 9.67. The van der Waals surface area contributed by atoms with E-state index < -0.39 is 6.29 Å². The van der Waals surface area contributed by atoms with E-state index in [1.807, 2.05) is 12.1 Å². The molecule has 4 fully saturated rings. The number of likely N-dealkylation sites (tertiary alicyclic amines) is 3. The molecule has 0 radical (unpaired) electrons. The van der Waals surface area contributed by atoms with Crippen LogP contribution in [-0.4, -0.2) is 132 Å². The minimum absolute atomic E-state index is 0.171. The molecule has 0 aromatic rings. The number of β-amino-alcohol motifs (C(OH)–C–C–N with tert-alkyl or cyclic N) is 1. The summed E-state index contributed by atoms with van der Waals surface area (Å²) in [5.74, 6) is 0.198. The van der Waals surface area contributed by atoms with Gasteiger partial charge in [-0.25, -0.2) is 0 Å². The lowest BCUT2D eigenvalue weighted by Gasteiger charge is -2.49. The van der Waals surface area contributed by atoms with Gasteiger partial charge >= 0.3 is 0 Å². The number of nitrogens with zero attached hydrogens (tertiary/aromatic N) is 7. The average Bonchev–Trinajstić information content (AvgIpc) is 3.42. The Labute approximate surface area is 204 Å². The Morgan fingerprint density at radius 3 is 2.35 bits per heavy atom. The van der Waals surface area contributed by atoms with E-state index >= 15 is 0 Å². The zero-order valence-electron chi connectivity index (χ0n) is 21.3. The molecular formula is C24H45N7O3. The van der Waals surface area contributed by atoms with E-state index in [9.17, 15) is 10.2 Å². The van der Waals surface area contributed by atoms with Crippen LogP contribution >= 0.6 is 0 Å². The van der Waals surface area contributed by atoms with Crippen molar-refractivity contribution in [2.24, 2.45) is 21.8 Å². The molecule has 0 aromatic carbocycles. The van der Waals surface area contributed by atoms with Crippen molar-refractivity contribution in [3.05, 3.63) is 0 Å². The SMILES string of the molecule is CC1C(O)OCC1N1CCC2(CCN(CC(O)C3CC(N4CN(C)N=N4)CCN3C)CC2)CC1. The molecule has 2 N–H and O–H groups in total. The van der Waals surface area contributed by atoms with Crippen LogP contribution in [0.4, 0.5) is 0 Å².